The smallest absolute Gasteiger partial charge is 0.269 e. The Morgan fingerprint density at radius 2 is 1.88 bits per heavy atom. The number of benzene rings is 2. The van der Waals surface area contributed by atoms with E-state index in [-0.39, 0.29) is 15.5 Å². The third-order valence-electron chi connectivity index (χ3n) is 4.51. The van der Waals surface area contributed by atoms with Crippen LogP contribution in [-0.4, -0.2) is 25.9 Å². The number of amides is 1. The number of fused-ring (bicyclic) bond motifs is 1. The summed E-state index contributed by atoms with van der Waals surface area (Å²) in [5, 5.41) is 3.66. The number of hydrogen-bond donors (Lipinski definition) is 2. The van der Waals surface area contributed by atoms with E-state index in [0.29, 0.717) is 28.4 Å². The molecule has 0 aliphatic heterocycles. The number of hydrogen-bond acceptors (Lipinski definition) is 3. The summed E-state index contributed by atoms with van der Waals surface area (Å²) in [4.78, 5) is 15.8. The van der Waals surface area contributed by atoms with E-state index < -0.39 is 15.7 Å². The number of sulfone groups is 1. The number of nitrogens with one attached hydrogen (secondary N) is 2. The summed E-state index contributed by atoms with van der Waals surface area (Å²) in [6.07, 6.45) is 2.19. The standard InChI is InChI=1S/C19H17ClN2O3S/c20-13-8-9-16-15(10-13)18(26(24,25)14-4-2-1-3-5-14)17(22-16)19(23)21-11-12-6-7-12/h1-5,8-10,12,22H,6-7,11H2,(H,21,23). The van der Waals surface area contributed by atoms with Crippen molar-refractivity contribution in [2.45, 2.75) is 22.6 Å². The highest BCUT2D eigenvalue weighted by atomic mass is 35.5. The predicted octanol–water partition coefficient (Wildman–Crippen LogP) is 3.79. The molecule has 1 aliphatic rings. The fraction of sp³-hybridized carbons (Fsp3) is 0.211. The number of rotatable bonds is 5. The quantitative estimate of drug-likeness (QED) is 0.697. The Hall–Kier alpha value is -2.31. The Morgan fingerprint density at radius 1 is 1.15 bits per heavy atom. The van der Waals surface area contributed by atoms with Gasteiger partial charge >= 0.3 is 0 Å². The van der Waals surface area contributed by atoms with Crippen LogP contribution in [0.15, 0.2) is 58.3 Å². The van der Waals surface area contributed by atoms with Gasteiger partial charge in [0.2, 0.25) is 9.84 Å². The van der Waals surface area contributed by atoms with Crippen LogP contribution in [-0.2, 0) is 9.84 Å². The zero-order chi connectivity index (χ0) is 18.3. The second-order valence-electron chi connectivity index (χ2n) is 6.49. The minimum Gasteiger partial charge on any atom is -0.350 e. The summed E-state index contributed by atoms with van der Waals surface area (Å²) in [5.74, 6) is 0.0747. The van der Waals surface area contributed by atoms with Gasteiger partial charge in [-0.15, -0.1) is 0 Å². The Morgan fingerprint density at radius 3 is 2.58 bits per heavy atom. The van der Waals surface area contributed by atoms with Gasteiger partial charge in [-0.2, -0.15) is 0 Å². The highest BCUT2D eigenvalue weighted by Gasteiger charge is 2.30. The van der Waals surface area contributed by atoms with Crippen LogP contribution in [0.3, 0.4) is 0 Å². The first-order valence-corrected chi connectivity index (χ1v) is 10.2. The minimum absolute atomic E-state index is 0.0329. The third-order valence-corrected chi connectivity index (χ3v) is 6.60. The van der Waals surface area contributed by atoms with Gasteiger partial charge in [0.05, 0.1) is 4.90 Å². The molecule has 0 radical (unpaired) electrons. The molecule has 26 heavy (non-hydrogen) atoms. The lowest BCUT2D eigenvalue weighted by atomic mass is 10.2. The first-order chi connectivity index (χ1) is 12.5. The SMILES string of the molecule is O=C(NCC1CC1)c1[nH]c2ccc(Cl)cc2c1S(=O)(=O)c1ccccc1. The molecule has 134 valence electrons. The van der Waals surface area contributed by atoms with Crippen molar-refractivity contribution in [3.63, 3.8) is 0 Å². The molecule has 1 heterocycles. The fourth-order valence-corrected chi connectivity index (χ4v) is 4.74. The molecule has 1 aromatic heterocycles. The molecule has 1 saturated carbocycles. The molecule has 0 saturated heterocycles. The number of carbonyl (C=O) groups excluding carboxylic acids is 1. The third kappa shape index (κ3) is 3.10. The highest BCUT2D eigenvalue weighted by molar-refractivity contribution is 7.91. The van der Waals surface area contributed by atoms with Gasteiger partial charge in [-0.3, -0.25) is 4.79 Å². The van der Waals surface area contributed by atoms with Crippen LogP contribution in [0.25, 0.3) is 10.9 Å². The first-order valence-electron chi connectivity index (χ1n) is 8.36. The Balaban J connectivity index is 1.88. The molecule has 5 nitrogen and oxygen atoms in total. The van der Waals surface area contributed by atoms with Gasteiger partial charge in [0.25, 0.3) is 5.91 Å². The van der Waals surface area contributed by atoms with Gasteiger partial charge in [0.15, 0.2) is 0 Å². The van der Waals surface area contributed by atoms with Crippen molar-refractivity contribution in [2.24, 2.45) is 5.92 Å². The van der Waals surface area contributed by atoms with Gasteiger partial charge in [-0.05, 0) is 49.1 Å². The van der Waals surface area contributed by atoms with E-state index in [1.54, 1.807) is 36.4 Å². The molecule has 0 spiro atoms. The van der Waals surface area contributed by atoms with Gasteiger partial charge in [-0.25, -0.2) is 8.42 Å². The number of halogens is 1. The molecule has 1 amide bonds. The normalized spacial score (nSPS) is 14.5. The maximum absolute atomic E-state index is 13.3. The second kappa shape index (κ2) is 6.45. The van der Waals surface area contributed by atoms with Gasteiger partial charge in [0, 0.05) is 22.5 Å². The zero-order valence-electron chi connectivity index (χ0n) is 13.8. The van der Waals surface area contributed by atoms with E-state index in [2.05, 4.69) is 10.3 Å². The molecule has 2 N–H and O–H groups in total. The van der Waals surface area contributed by atoms with Crippen LogP contribution >= 0.6 is 11.6 Å². The van der Waals surface area contributed by atoms with Crippen molar-refractivity contribution >= 4 is 38.2 Å². The average molecular weight is 389 g/mol. The van der Waals surface area contributed by atoms with Crippen molar-refractivity contribution in [2.75, 3.05) is 6.54 Å². The number of aromatic nitrogens is 1. The summed E-state index contributed by atoms with van der Waals surface area (Å²) in [7, 11) is -3.89. The van der Waals surface area contributed by atoms with Crippen molar-refractivity contribution in [1.82, 2.24) is 10.3 Å². The molecule has 7 heteroatoms. The van der Waals surface area contributed by atoms with E-state index in [4.69, 9.17) is 11.6 Å². The molecule has 0 bridgehead atoms. The Labute approximate surface area is 156 Å². The van der Waals surface area contributed by atoms with Crippen molar-refractivity contribution in [1.29, 1.82) is 0 Å². The Bertz CT molecular complexity index is 1090. The Kier molecular flexibility index (Phi) is 4.25. The largest absolute Gasteiger partial charge is 0.350 e. The molecule has 1 aliphatic carbocycles. The topological polar surface area (TPSA) is 79.0 Å². The van der Waals surface area contributed by atoms with E-state index in [9.17, 15) is 13.2 Å². The lowest BCUT2D eigenvalue weighted by Gasteiger charge is -2.08. The van der Waals surface area contributed by atoms with Crippen molar-refractivity contribution in [3.8, 4) is 0 Å². The van der Waals surface area contributed by atoms with Crippen LogP contribution in [0.4, 0.5) is 0 Å². The first kappa shape index (κ1) is 17.1. The van der Waals surface area contributed by atoms with Gasteiger partial charge in [-0.1, -0.05) is 29.8 Å². The van der Waals surface area contributed by atoms with E-state index in [0.717, 1.165) is 12.8 Å². The summed E-state index contributed by atoms with van der Waals surface area (Å²) < 4.78 is 26.5. The maximum Gasteiger partial charge on any atom is 0.269 e. The lowest BCUT2D eigenvalue weighted by molar-refractivity contribution is 0.0944. The summed E-state index contributed by atoms with van der Waals surface area (Å²) >= 11 is 6.08. The highest BCUT2D eigenvalue weighted by Crippen LogP contribution is 2.34. The molecule has 2 aromatic carbocycles. The van der Waals surface area contributed by atoms with E-state index >= 15 is 0 Å². The lowest BCUT2D eigenvalue weighted by Crippen LogP contribution is -2.27. The van der Waals surface area contributed by atoms with E-state index in [1.807, 2.05) is 0 Å². The monoisotopic (exact) mass is 388 g/mol. The number of H-pyrrole nitrogens is 1. The molecule has 4 rings (SSSR count). The van der Waals surface area contributed by atoms with E-state index in [1.165, 1.54) is 12.1 Å². The zero-order valence-corrected chi connectivity index (χ0v) is 15.4. The van der Waals surface area contributed by atoms with Gasteiger partial charge in [0.1, 0.15) is 10.6 Å². The summed E-state index contributed by atoms with van der Waals surface area (Å²) in [5.41, 5.74) is 0.604. The van der Waals surface area contributed by atoms with Crippen LogP contribution in [0.1, 0.15) is 23.3 Å². The summed E-state index contributed by atoms with van der Waals surface area (Å²) in [6.45, 7) is 0.555. The molecular formula is C19H17ClN2O3S. The van der Waals surface area contributed by atoms with Crippen molar-refractivity contribution in [3.05, 3.63) is 59.2 Å². The fourth-order valence-electron chi connectivity index (χ4n) is 2.94. The number of aromatic amines is 1. The maximum atomic E-state index is 13.3. The molecule has 0 atom stereocenters. The second-order valence-corrected chi connectivity index (χ2v) is 8.81. The molecule has 0 unspecified atom stereocenters. The minimum atomic E-state index is -3.89. The molecule has 1 fully saturated rings. The predicted molar refractivity (Wildman–Crippen MR) is 100 cm³/mol. The van der Waals surface area contributed by atoms with Gasteiger partial charge < -0.3 is 10.3 Å². The molecule has 3 aromatic rings. The summed E-state index contributed by atoms with van der Waals surface area (Å²) in [6, 6.07) is 13.0. The van der Waals surface area contributed by atoms with Crippen molar-refractivity contribution < 1.29 is 13.2 Å². The van der Waals surface area contributed by atoms with Crippen LogP contribution in [0, 0.1) is 5.92 Å². The number of carbonyl (C=O) groups is 1. The molecular weight excluding hydrogens is 372 g/mol. The average Bonchev–Trinajstić information content (AvgIpc) is 3.38. The van der Waals surface area contributed by atoms with Crippen LogP contribution in [0.5, 0.6) is 0 Å². The van der Waals surface area contributed by atoms with Crippen LogP contribution < -0.4 is 5.32 Å². The van der Waals surface area contributed by atoms with Crippen LogP contribution in [0.2, 0.25) is 5.02 Å².